The second-order valence-corrected chi connectivity index (χ2v) is 8.47. The van der Waals surface area contributed by atoms with Gasteiger partial charge in [0.2, 0.25) is 0 Å². The van der Waals surface area contributed by atoms with E-state index < -0.39 is 0 Å². The smallest absolute Gasteiger partial charge is 0.270 e. The fourth-order valence-corrected chi connectivity index (χ4v) is 4.37. The molecule has 0 aliphatic rings. The first-order valence-electron chi connectivity index (χ1n) is 10.2. The number of fused-ring (bicyclic) bond motifs is 1. The van der Waals surface area contributed by atoms with Crippen LogP contribution in [0, 0.1) is 0 Å². The number of nitrogens with zero attached hydrogens (tertiary/aromatic N) is 4. The van der Waals surface area contributed by atoms with Crippen LogP contribution in [-0.4, -0.2) is 32.7 Å². The van der Waals surface area contributed by atoms with Crippen molar-refractivity contribution < 1.29 is 4.74 Å². The third-order valence-electron chi connectivity index (χ3n) is 5.30. The molecule has 0 bridgehead atoms. The maximum Gasteiger partial charge on any atom is 0.270 e. The molecular formula is C25H19ClN4O2S. The van der Waals surface area contributed by atoms with Crippen LogP contribution < -0.4 is 10.3 Å². The minimum Gasteiger partial charge on any atom is -0.497 e. The highest BCUT2D eigenvalue weighted by molar-refractivity contribution is 7.98. The Morgan fingerprint density at radius 3 is 2.24 bits per heavy atom. The summed E-state index contributed by atoms with van der Waals surface area (Å²) in [7, 11) is 1.62. The van der Waals surface area contributed by atoms with E-state index in [4.69, 9.17) is 26.4 Å². The largest absolute Gasteiger partial charge is 0.497 e. The zero-order valence-electron chi connectivity index (χ0n) is 17.9. The van der Waals surface area contributed by atoms with E-state index in [0.29, 0.717) is 32.6 Å². The van der Waals surface area contributed by atoms with Gasteiger partial charge in [0.25, 0.3) is 5.56 Å². The lowest BCUT2D eigenvalue weighted by Gasteiger charge is -2.14. The van der Waals surface area contributed by atoms with E-state index in [1.807, 2.05) is 73.0 Å². The second kappa shape index (κ2) is 8.77. The molecule has 0 N–H and O–H groups in total. The van der Waals surface area contributed by atoms with Gasteiger partial charge in [0.05, 0.1) is 18.5 Å². The number of benzene rings is 3. The summed E-state index contributed by atoms with van der Waals surface area (Å²) in [4.78, 5) is 18.9. The molecule has 2 aromatic heterocycles. The first-order chi connectivity index (χ1) is 16.1. The standard InChI is InChI=1S/C25H19ClN4O2S/c1-32-20-14-8-16(9-15-20)22-27-23-21(25(31)29(22)18-12-10-17(26)11-13-18)24(33-2)28-30(23)19-6-4-3-5-7-19/h3-15H,1-2H3. The van der Waals surface area contributed by atoms with Crippen molar-refractivity contribution in [1.29, 1.82) is 0 Å². The molecule has 6 nitrogen and oxygen atoms in total. The van der Waals surface area contributed by atoms with Gasteiger partial charge in [0.15, 0.2) is 5.65 Å². The minimum absolute atomic E-state index is 0.195. The summed E-state index contributed by atoms with van der Waals surface area (Å²) in [5, 5.41) is 6.40. The second-order valence-electron chi connectivity index (χ2n) is 7.24. The number of rotatable bonds is 5. The summed E-state index contributed by atoms with van der Waals surface area (Å²) < 4.78 is 8.63. The van der Waals surface area contributed by atoms with E-state index in [0.717, 1.165) is 17.0 Å². The molecule has 3 aromatic carbocycles. The van der Waals surface area contributed by atoms with Crippen LogP contribution >= 0.6 is 23.4 Å². The van der Waals surface area contributed by atoms with E-state index in [2.05, 4.69) is 0 Å². The number of ether oxygens (including phenoxy) is 1. The Morgan fingerprint density at radius 2 is 1.61 bits per heavy atom. The molecule has 5 aromatic rings. The van der Waals surface area contributed by atoms with E-state index >= 15 is 0 Å². The van der Waals surface area contributed by atoms with Crippen molar-refractivity contribution in [3.05, 3.63) is 94.2 Å². The van der Waals surface area contributed by atoms with Gasteiger partial charge in [-0.2, -0.15) is 5.10 Å². The molecule has 0 aliphatic heterocycles. The maximum atomic E-state index is 14.0. The zero-order valence-corrected chi connectivity index (χ0v) is 19.5. The summed E-state index contributed by atoms with van der Waals surface area (Å²) in [5.74, 6) is 1.22. The van der Waals surface area contributed by atoms with Crippen LogP contribution in [0.3, 0.4) is 0 Å². The van der Waals surface area contributed by atoms with E-state index in [1.165, 1.54) is 11.8 Å². The summed E-state index contributed by atoms with van der Waals surface area (Å²) in [6.45, 7) is 0. The maximum absolute atomic E-state index is 14.0. The van der Waals surface area contributed by atoms with Gasteiger partial charge >= 0.3 is 0 Å². The molecule has 0 atom stereocenters. The molecule has 0 fully saturated rings. The number of thioether (sulfide) groups is 1. The SMILES string of the molecule is COc1ccc(-c2nc3c(c(SC)nn3-c3ccccc3)c(=O)n2-c2ccc(Cl)cc2)cc1. The third kappa shape index (κ3) is 3.79. The van der Waals surface area contributed by atoms with Crippen LogP contribution in [-0.2, 0) is 0 Å². The highest BCUT2D eigenvalue weighted by Crippen LogP contribution is 2.29. The Bertz CT molecular complexity index is 1490. The molecule has 8 heteroatoms. The summed E-state index contributed by atoms with van der Waals surface area (Å²) in [6, 6.07) is 24.3. The molecule has 0 amide bonds. The molecular weight excluding hydrogens is 456 g/mol. The molecule has 5 rings (SSSR count). The summed E-state index contributed by atoms with van der Waals surface area (Å²) in [6.07, 6.45) is 1.90. The molecule has 2 heterocycles. The first-order valence-corrected chi connectivity index (χ1v) is 11.8. The minimum atomic E-state index is -0.195. The van der Waals surface area contributed by atoms with Crippen LogP contribution in [0.5, 0.6) is 5.75 Å². The summed E-state index contributed by atoms with van der Waals surface area (Å²) in [5.41, 5.74) is 2.59. The van der Waals surface area contributed by atoms with E-state index in [-0.39, 0.29) is 5.56 Å². The monoisotopic (exact) mass is 474 g/mol. The van der Waals surface area contributed by atoms with Crippen molar-refractivity contribution in [1.82, 2.24) is 19.3 Å². The van der Waals surface area contributed by atoms with Gasteiger partial charge in [-0.3, -0.25) is 9.36 Å². The molecule has 164 valence electrons. The summed E-state index contributed by atoms with van der Waals surface area (Å²) >= 11 is 7.53. The molecule has 0 spiro atoms. The van der Waals surface area contributed by atoms with Crippen molar-refractivity contribution in [2.75, 3.05) is 13.4 Å². The molecule has 0 aliphatic carbocycles. The predicted octanol–water partition coefficient (Wildman–Crippen LogP) is 5.62. The average Bonchev–Trinajstić information content (AvgIpc) is 3.24. The van der Waals surface area contributed by atoms with Crippen LogP contribution in [0.1, 0.15) is 0 Å². The fraction of sp³-hybridized carbons (Fsp3) is 0.0800. The lowest BCUT2D eigenvalue weighted by molar-refractivity contribution is 0.415. The van der Waals surface area contributed by atoms with Crippen LogP contribution in [0.15, 0.2) is 88.7 Å². The third-order valence-corrected chi connectivity index (χ3v) is 6.22. The lowest BCUT2D eigenvalue weighted by Crippen LogP contribution is -2.22. The molecule has 0 saturated heterocycles. The van der Waals surface area contributed by atoms with Gasteiger partial charge in [0.1, 0.15) is 22.0 Å². The van der Waals surface area contributed by atoms with Gasteiger partial charge < -0.3 is 4.74 Å². The highest BCUT2D eigenvalue weighted by atomic mass is 35.5. The van der Waals surface area contributed by atoms with Gasteiger partial charge in [-0.15, -0.1) is 11.8 Å². The first kappa shape index (κ1) is 21.3. The number of methoxy groups -OCH3 is 1. The van der Waals surface area contributed by atoms with Crippen LogP contribution in [0.4, 0.5) is 0 Å². The van der Waals surface area contributed by atoms with Gasteiger partial charge in [0, 0.05) is 10.6 Å². The van der Waals surface area contributed by atoms with Crippen molar-refractivity contribution >= 4 is 34.4 Å². The topological polar surface area (TPSA) is 61.9 Å². The van der Waals surface area contributed by atoms with Crippen LogP contribution in [0.2, 0.25) is 5.02 Å². The Labute approximate surface area is 199 Å². The lowest BCUT2D eigenvalue weighted by atomic mass is 10.2. The number of aromatic nitrogens is 4. The van der Waals surface area contributed by atoms with Crippen molar-refractivity contribution in [3.8, 4) is 28.5 Å². The van der Waals surface area contributed by atoms with Gasteiger partial charge in [-0.1, -0.05) is 29.8 Å². The number of para-hydroxylation sites is 1. The normalized spacial score (nSPS) is 11.1. The molecule has 0 unspecified atom stereocenters. The Morgan fingerprint density at radius 1 is 0.909 bits per heavy atom. The Balaban J connectivity index is 1.88. The Kier molecular flexibility index (Phi) is 5.66. The van der Waals surface area contributed by atoms with Crippen molar-refractivity contribution in [2.45, 2.75) is 5.03 Å². The van der Waals surface area contributed by atoms with Crippen LogP contribution in [0.25, 0.3) is 33.8 Å². The number of hydrogen-bond acceptors (Lipinski definition) is 5. The predicted molar refractivity (Wildman–Crippen MR) is 133 cm³/mol. The fourth-order valence-electron chi connectivity index (χ4n) is 3.69. The van der Waals surface area contributed by atoms with E-state index in [1.54, 1.807) is 28.5 Å². The highest BCUT2D eigenvalue weighted by Gasteiger charge is 2.22. The molecule has 0 radical (unpaired) electrons. The average molecular weight is 475 g/mol. The number of hydrogen-bond donors (Lipinski definition) is 0. The van der Waals surface area contributed by atoms with E-state index in [9.17, 15) is 4.79 Å². The Hall–Kier alpha value is -3.55. The molecule has 33 heavy (non-hydrogen) atoms. The van der Waals surface area contributed by atoms with Crippen molar-refractivity contribution in [2.24, 2.45) is 0 Å². The van der Waals surface area contributed by atoms with Crippen molar-refractivity contribution in [3.63, 3.8) is 0 Å². The van der Waals surface area contributed by atoms with Gasteiger partial charge in [-0.25, -0.2) is 9.67 Å². The molecule has 0 saturated carbocycles. The zero-order chi connectivity index (χ0) is 22.9. The quantitative estimate of drug-likeness (QED) is 0.309. The van der Waals surface area contributed by atoms with Gasteiger partial charge in [-0.05, 0) is 66.9 Å². The number of halogens is 1.